The van der Waals surface area contributed by atoms with Gasteiger partial charge in [0.1, 0.15) is 5.01 Å². The van der Waals surface area contributed by atoms with Crippen molar-refractivity contribution in [3.8, 4) is 0 Å². The van der Waals surface area contributed by atoms with Crippen molar-refractivity contribution in [1.29, 1.82) is 0 Å². The topological polar surface area (TPSA) is 45.2 Å². The average Bonchev–Trinajstić information content (AvgIpc) is 2.63. The zero-order valence-corrected chi connectivity index (χ0v) is 11.8. The Morgan fingerprint density at radius 2 is 2.29 bits per heavy atom. The van der Waals surface area contributed by atoms with Gasteiger partial charge in [0.25, 0.3) is 0 Å². The molecule has 0 aliphatic carbocycles. The van der Waals surface area contributed by atoms with Crippen LogP contribution in [0.1, 0.15) is 31.0 Å². The van der Waals surface area contributed by atoms with Crippen LogP contribution in [0.4, 0.5) is 0 Å². The smallest absolute Gasteiger partial charge is 0.226 e. The molecule has 1 aromatic rings. The van der Waals surface area contributed by atoms with Crippen molar-refractivity contribution < 1.29 is 4.79 Å². The number of hydrogen-bond acceptors (Lipinski definition) is 4. The Labute approximate surface area is 107 Å². The molecule has 4 nitrogen and oxygen atoms in total. The van der Waals surface area contributed by atoms with Crippen LogP contribution in [0, 0.1) is 0 Å². The van der Waals surface area contributed by atoms with E-state index in [2.05, 4.69) is 22.1 Å². The van der Waals surface area contributed by atoms with Gasteiger partial charge in [-0.1, -0.05) is 6.92 Å². The van der Waals surface area contributed by atoms with Crippen molar-refractivity contribution in [2.45, 2.75) is 39.3 Å². The van der Waals surface area contributed by atoms with E-state index in [9.17, 15) is 4.79 Å². The fourth-order valence-electron chi connectivity index (χ4n) is 1.37. The quantitative estimate of drug-likeness (QED) is 0.841. The summed E-state index contributed by atoms with van der Waals surface area (Å²) in [4.78, 5) is 18.2. The number of amides is 1. The minimum absolute atomic E-state index is 0.0565. The molecule has 1 atom stereocenters. The number of aromatic nitrogens is 1. The minimum Gasteiger partial charge on any atom is -0.353 e. The monoisotopic (exact) mass is 255 g/mol. The van der Waals surface area contributed by atoms with Gasteiger partial charge >= 0.3 is 0 Å². The largest absolute Gasteiger partial charge is 0.353 e. The van der Waals surface area contributed by atoms with Crippen molar-refractivity contribution in [1.82, 2.24) is 15.2 Å². The Balaban J connectivity index is 2.46. The van der Waals surface area contributed by atoms with E-state index >= 15 is 0 Å². The van der Waals surface area contributed by atoms with Crippen molar-refractivity contribution >= 4 is 17.2 Å². The van der Waals surface area contributed by atoms with Crippen LogP contribution >= 0.6 is 11.3 Å². The normalized spacial score (nSPS) is 12.8. The molecular formula is C12H21N3OS. The summed E-state index contributed by atoms with van der Waals surface area (Å²) in [7, 11) is 4.02. The van der Waals surface area contributed by atoms with Crippen molar-refractivity contribution in [2.75, 3.05) is 14.1 Å². The number of hydrogen-bond donors (Lipinski definition) is 1. The van der Waals surface area contributed by atoms with Gasteiger partial charge in [0, 0.05) is 18.0 Å². The van der Waals surface area contributed by atoms with E-state index in [1.807, 2.05) is 26.4 Å². The first-order chi connectivity index (χ1) is 8.01. The van der Waals surface area contributed by atoms with Crippen LogP contribution < -0.4 is 5.32 Å². The fourth-order valence-corrected chi connectivity index (χ4v) is 2.28. The molecule has 0 fully saturated rings. The highest BCUT2D eigenvalue weighted by Gasteiger charge is 2.09. The summed E-state index contributed by atoms with van der Waals surface area (Å²) in [5.41, 5.74) is 0.868. The van der Waals surface area contributed by atoms with Gasteiger partial charge in [0.2, 0.25) is 5.91 Å². The van der Waals surface area contributed by atoms with E-state index in [1.54, 1.807) is 11.3 Å². The van der Waals surface area contributed by atoms with E-state index in [0.717, 1.165) is 23.7 Å². The first-order valence-electron chi connectivity index (χ1n) is 5.88. The maximum Gasteiger partial charge on any atom is 0.226 e. The lowest BCUT2D eigenvalue weighted by Gasteiger charge is -2.10. The molecule has 0 aromatic carbocycles. The maximum absolute atomic E-state index is 11.7. The van der Waals surface area contributed by atoms with Crippen LogP contribution in [0.2, 0.25) is 0 Å². The molecule has 17 heavy (non-hydrogen) atoms. The van der Waals surface area contributed by atoms with Crippen LogP contribution in [0.5, 0.6) is 0 Å². The first-order valence-corrected chi connectivity index (χ1v) is 6.76. The molecule has 1 amide bonds. The van der Waals surface area contributed by atoms with Gasteiger partial charge in [-0.25, -0.2) is 4.98 Å². The number of carbonyl (C=O) groups excluding carboxylic acids is 1. The van der Waals surface area contributed by atoms with Gasteiger partial charge in [0.15, 0.2) is 0 Å². The number of rotatable bonds is 6. The van der Waals surface area contributed by atoms with Crippen molar-refractivity contribution in [3.05, 3.63) is 16.1 Å². The third-order valence-corrected chi connectivity index (χ3v) is 3.29. The molecule has 0 saturated carbocycles. The first kappa shape index (κ1) is 14.1. The number of nitrogens with one attached hydrogen (secondary N) is 1. The summed E-state index contributed by atoms with van der Waals surface area (Å²) >= 11 is 1.61. The van der Waals surface area contributed by atoms with Gasteiger partial charge in [-0.05, 0) is 27.4 Å². The highest BCUT2D eigenvalue weighted by molar-refractivity contribution is 7.09. The van der Waals surface area contributed by atoms with Crippen molar-refractivity contribution in [3.63, 3.8) is 0 Å². The molecule has 1 heterocycles. The Morgan fingerprint density at radius 3 is 2.88 bits per heavy atom. The van der Waals surface area contributed by atoms with E-state index in [4.69, 9.17) is 0 Å². The Kier molecular flexibility index (Phi) is 5.58. The molecule has 0 aliphatic rings. The predicted octanol–water partition coefficient (Wildman–Crippen LogP) is 1.66. The molecular weight excluding hydrogens is 234 g/mol. The zero-order valence-electron chi connectivity index (χ0n) is 11.0. The molecule has 0 radical (unpaired) electrons. The summed E-state index contributed by atoms with van der Waals surface area (Å²) in [6.07, 6.45) is 1.34. The molecule has 0 spiro atoms. The number of thiazole rings is 1. The minimum atomic E-state index is 0.0565. The van der Waals surface area contributed by atoms with Gasteiger partial charge in [-0.15, -0.1) is 11.3 Å². The van der Waals surface area contributed by atoms with Crippen LogP contribution in [0.3, 0.4) is 0 Å². The lowest BCUT2D eigenvalue weighted by molar-refractivity contribution is -0.121. The molecule has 1 unspecified atom stereocenters. The predicted molar refractivity (Wildman–Crippen MR) is 71.1 cm³/mol. The Hall–Kier alpha value is -0.940. The second-order valence-corrected chi connectivity index (χ2v) is 5.47. The summed E-state index contributed by atoms with van der Waals surface area (Å²) in [6, 6.07) is 0.238. The Morgan fingerprint density at radius 1 is 1.59 bits per heavy atom. The molecule has 0 bridgehead atoms. The van der Waals surface area contributed by atoms with Gasteiger partial charge < -0.3 is 10.2 Å². The highest BCUT2D eigenvalue weighted by Crippen LogP contribution is 2.11. The molecule has 1 aromatic heterocycles. The molecule has 5 heteroatoms. The van der Waals surface area contributed by atoms with E-state index in [1.165, 1.54) is 0 Å². The number of carbonyl (C=O) groups is 1. The molecule has 96 valence electrons. The SMILES string of the molecule is CCC(C)NC(=O)Cc1csc(CN(C)C)n1. The summed E-state index contributed by atoms with van der Waals surface area (Å²) in [5, 5.41) is 5.97. The standard InChI is InChI=1S/C12H21N3OS/c1-5-9(2)13-11(16)6-10-8-17-12(14-10)7-15(3)4/h8-9H,5-7H2,1-4H3,(H,13,16). The lowest BCUT2D eigenvalue weighted by atomic mass is 10.2. The second kappa shape index (κ2) is 6.71. The fraction of sp³-hybridized carbons (Fsp3) is 0.667. The second-order valence-electron chi connectivity index (χ2n) is 4.52. The van der Waals surface area contributed by atoms with E-state index in [-0.39, 0.29) is 11.9 Å². The molecule has 1 N–H and O–H groups in total. The highest BCUT2D eigenvalue weighted by atomic mass is 32.1. The zero-order chi connectivity index (χ0) is 12.8. The summed E-state index contributed by atoms with van der Waals surface area (Å²) in [6.45, 7) is 4.90. The molecule has 0 aliphatic heterocycles. The average molecular weight is 255 g/mol. The summed E-state index contributed by atoms with van der Waals surface area (Å²) in [5.74, 6) is 0.0565. The Bertz CT molecular complexity index is 362. The van der Waals surface area contributed by atoms with Gasteiger partial charge in [-0.2, -0.15) is 0 Å². The maximum atomic E-state index is 11.7. The van der Waals surface area contributed by atoms with E-state index < -0.39 is 0 Å². The van der Waals surface area contributed by atoms with Crippen LogP contribution in [0.15, 0.2) is 5.38 Å². The molecule has 0 saturated heterocycles. The molecule has 1 rings (SSSR count). The van der Waals surface area contributed by atoms with Crippen molar-refractivity contribution in [2.24, 2.45) is 0 Å². The van der Waals surface area contributed by atoms with Crippen LogP contribution in [-0.2, 0) is 17.8 Å². The summed E-state index contributed by atoms with van der Waals surface area (Å²) < 4.78 is 0. The third kappa shape index (κ3) is 5.28. The van der Waals surface area contributed by atoms with Gasteiger partial charge in [0.05, 0.1) is 12.1 Å². The van der Waals surface area contributed by atoms with Crippen LogP contribution in [0.25, 0.3) is 0 Å². The number of nitrogens with zero attached hydrogens (tertiary/aromatic N) is 2. The lowest BCUT2D eigenvalue weighted by Crippen LogP contribution is -2.33. The third-order valence-electron chi connectivity index (χ3n) is 2.41. The van der Waals surface area contributed by atoms with Gasteiger partial charge in [-0.3, -0.25) is 4.79 Å². The van der Waals surface area contributed by atoms with E-state index in [0.29, 0.717) is 6.42 Å². The van der Waals surface area contributed by atoms with Crippen LogP contribution in [-0.4, -0.2) is 35.9 Å².